The highest BCUT2D eigenvalue weighted by Gasteiger charge is 1.99. The van der Waals surface area contributed by atoms with E-state index in [1.165, 1.54) is 3.57 Å². The van der Waals surface area contributed by atoms with Crippen molar-refractivity contribution in [3.63, 3.8) is 0 Å². The normalized spacial score (nSPS) is 12.8. The summed E-state index contributed by atoms with van der Waals surface area (Å²) in [4.78, 5) is 0. The van der Waals surface area contributed by atoms with Crippen molar-refractivity contribution < 1.29 is 9.84 Å². The number of ether oxygens (including phenoxy) is 1. The molecule has 0 saturated heterocycles. The lowest BCUT2D eigenvalue weighted by Crippen LogP contribution is -2.12. The minimum absolute atomic E-state index is 0.0738. The molecule has 1 rings (SSSR count). The highest BCUT2D eigenvalue weighted by molar-refractivity contribution is 14.1. The van der Waals surface area contributed by atoms with Crippen LogP contribution in [-0.2, 0) is 11.3 Å². The maximum absolute atomic E-state index is 8.73. The van der Waals surface area contributed by atoms with Gasteiger partial charge in [0.15, 0.2) is 0 Å². The Bertz CT molecular complexity index is 246. The Morgan fingerprint density at radius 2 is 2.00 bits per heavy atom. The quantitative estimate of drug-likeness (QED) is 0.862. The van der Waals surface area contributed by atoms with Crippen LogP contribution in [0, 0.1) is 3.57 Å². The molecule has 0 aliphatic carbocycles. The second kappa shape index (κ2) is 5.57. The van der Waals surface area contributed by atoms with Gasteiger partial charge in [0.2, 0.25) is 0 Å². The van der Waals surface area contributed by atoms with Crippen molar-refractivity contribution in [2.45, 2.75) is 19.6 Å². The summed E-state index contributed by atoms with van der Waals surface area (Å²) in [6.07, 6.45) is -0.0840. The predicted molar refractivity (Wildman–Crippen MR) is 60.5 cm³/mol. The van der Waals surface area contributed by atoms with Crippen molar-refractivity contribution in [2.75, 3.05) is 6.61 Å². The summed E-state index contributed by atoms with van der Waals surface area (Å²) < 4.78 is 6.58. The second-order valence-corrected chi connectivity index (χ2v) is 4.18. The van der Waals surface area contributed by atoms with Crippen molar-refractivity contribution >= 4 is 22.6 Å². The summed E-state index contributed by atoms with van der Waals surface area (Å²) in [7, 11) is 0. The monoisotopic (exact) mass is 292 g/mol. The maximum atomic E-state index is 8.73. The number of hydrogen-bond acceptors (Lipinski definition) is 2. The average molecular weight is 292 g/mol. The third-order valence-electron chi connectivity index (χ3n) is 1.70. The van der Waals surface area contributed by atoms with E-state index in [4.69, 9.17) is 9.84 Å². The lowest BCUT2D eigenvalue weighted by molar-refractivity contribution is 0.0144. The topological polar surface area (TPSA) is 29.5 Å². The second-order valence-electron chi connectivity index (χ2n) is 2.93. The van der Waals surface area contributed by atoms with Crippen LogP contribution < -0.4 is 0 Å². The Balaban J connectivity index is 2.41. The summed E-state index contributed by atoms with van der Waals surface area (Å²) in [5, 5.41) is 8.73. The van der Waals surface area contributed by atoms with Crippen LogP contribution in [0.1, 0.15) is 12.5 Å². The highest BCUT2D eigenvalue weighted by atomic mass is 127. The SMILES string of the molecule is C[C@H](CO)OCc1ccc(I)cc1. The van der Waals surface area contributed by atoms with E-state index in [1.807, 2.05) is 31.2 Å². The van der Waals surface area contributed by atoms with Crippen LogP contribution in [0.25, 0.3) is 0 Å². The van der Waals surface area contributed by atoms with Gasteiger partial charge in [-0.2, -0.15) is 0 Å². The average Bonchev–Trinajstić information content (AvgIpc) is 2.16. The zero-order valence-electron chi connectivity index (χ0n) is 7.53. The minimum Gasteiger partial charge on any atom is -0.394 e. The van der Waals surface area contributed by atoms with Gasteiger partial charge in [-0.3, -0.25) is 0 Å². The van der Waals surface area contributed by atoms with E-state index in [2.05, 4.69) is 22.6 Å². The van der Waals surface area contributed by atoms with E-state index < -0.39 is 0 Å². The van der Waals surface area contributed by atoms with E-state index in [9.17, 15) is 0 Å². The summed E-state index contributed by atoms with van der Waals surface area (Å²) in [6.45, 7) is 2.50. The fraction of sp³-hybridized carbons (Fsp3) is 0.400. The first-order valence-corrected chi connectivity index (χ1v) is 5.27. The van der Waals surface area contributed by atoms with Crippen LogP contribution in [0.3, 0.4) is 0 Å². The summed E-state index contributed by atoms with van der Waals surface area (Å²) in [5.41, 5.74) is 1.14. The van der Waals surface area contributed by atoms with E-state index >= 15 is 0 Å². The third kappa shape index (κ3) is 4.06. The molecule has 0 saturated carbocycles. The fourth-order valence-corrected chi connectivity index (χ4v) is 1.23. The molecule has 0 aromatic heterocycles. The molecule has 0 spiro atoms. The van der Waals surface area contributed by atoms with Gasteiger partial charge in [0.25, 0.3) is 0 Å². The molecule has 0 aliphatic heterocycles. The number of aliphatic hydroxyl groups excluding tert-OH is 1. The Morgan fingerprint density at radius 1 is 1.38 bits per heavy atom. The van der Waals surface area contributed by atoms with E-state index in [0.29, 0.717) is 6.61 Å². The zero-order chi connectivity index (χ0) is 9.68. The molecule has 3 heteroatoms. The molecule has 1 aromatic rings. The molecule has 1 N–H and O–H groups in total. The van der Waals surface area contributed by atoms with Gasteiger partial charge in [0.1, 0.15) is 0 Å². The Hall–Kier alpha value is -0.130. The van der Waals surface area contributed by atoms with Crippen molar-refractivity contribution in [2.24, 2.45) is 0 Å². The van der Waals surface area contributed by atoms with Gasteiger partial charge < -0.3 is 9.84 Å². The molecule has 0 bridgehead atoms. The minimum atomic E-state index is -0.0840. The summed E-state index contributed by atoms with van der Waals surface area (Å²) in [5.74, 6) is 0. The van der Waals surface area contributed by atoms with E-state index in [1.54, 1.807) is 0 Å². The fourth-order valence-electron chi connectivity index (χ4n) is 0.872. The van der Waals surface area contributed by atoms with Crippen molar-refractivity contribution in [3.8, 4) is 0 Å². The molecule has 0 unspecified atom stereocenters. The molecule has 0 amide bonds. The Labute approximate surface area is 92.1 Å². The molecule has 0 fully saturated rings. The van der Waals surface area contributed by atoms with Gasteiger partial charge >= 0.3 is 0 Å². The van der Waals surface area contributed by atoms with Crippen LogP contribution in [0.2, 0.25) is 0 Å². The molecule has 0 aliphatic rings. The molecular formula is C10H13IO2. The highest BCUT2D eigenvalue weighted by Crippen LogP contribution is 2.08. The number of halogens is 1. The van der Waals surface area contributed by atoms with Crippen LogP contribution in [0.4, 0.5) is 0 Å². The summed E-state index contributed by atoms with van der Waals surface area (Å²) >= 11 is 2.26. The van der Waals surface area contributed by atoms with Gasteiger partial charge in [0, 0.05) is 3.57 Å². The first-order chi connectivity index (χ1) is 6.22. The number of aliphatic hydroxyl groups is 1. The van der Waals surface area contributed by atoms with E-state index in [0.717, 1.165) is 5.56 Å². The maximum Gasteiger partial charge on any atom is 0.0782 e. The number of hydrogen-bond donors (Lipinski definition) is 1. The molecule has 1 atom stereocenters. The van der Waals surface area contributed by atoms with Crippen molar-refractivity contribution in [1.29, 1.82) is 0 Å². The van der Waals surface area contributed by atoms with Crippen LogP contribution in [-0.4, -0.2) is 17.8 Å². The van der Waals surface area contributed by atoms with Crippen LogP contribution in [0.5, 0.6) is 0 Å². The van der Waals surface area contributed by atoms with Crippen LogP contribution >= 0.6 is 22.6 Å². The third-order valence-corrected chi connectivity index (χ3v) is 2.42. The lowest BCUT2D eigenvalue weighted by Gasteiger charge is -2.09. The largest absolute Gasteiger partial charge is 0.394 e. The van der Waals surface area contributed by atoms with Gasteiger partial charge in [0.05, 0.1) is 19.3 Å². The number of benzene rings is 1. The van der Waals surface area contributed by atoms with Gasteiger partial charge in [-0.15, -0.1) is 0 Å². The predicted octanol–water partition coefficient (Wildman–Crippen LogP) is 2.19. The lowest BCUT2D eigenvalue weighted by atomic mass is 10.2. The van der Waals surface area contributed by atoms with Crippen molar-refractivity contribution in [3.05, 3.63) is 33.4 Å². The molecule has 13 heavy (non-hydrogen) atoms. The molecule has 72 valence electrons. The van der Waals surface area contributed by atoms with Crippen LogP contribution in [0.15, 0.2) is 24.3 Å². The smallest absolute Gasteiger partial charge is 0.0782 e. The standard InChI is InChI=1S/C10H13IO2/c1-8(6-12)13-7-9-2-4-10(11)5-3-9/h2-5,8,12H,6-7H2,1H3/t8-/m1/s1. The Morgan fingerprint density at radius 3 is 2.54 bits per heavy atom. The first kappa shape index (κ1) is 10.9. The number of rotatable bonds is 4. The van der Waals surface area contributed by atoms with Gasteiger partial charge in [-0.05, 0) is 47.2 Å². The molecule has 1 aromatic carbocycles. The van der Waals surface area contributed by atoms with Crippen molar-refractivity contribution in [1.82, 2.24) is 0 Å². The molecular weight excluding hydrogens is 279 g/mol. The first-order valence-electron chi connectivity index (χ1n) is 4.19. The molecule has 2 nitrogen and oxygen atoms in total. The molecule has 0 radical (unpaired) electrons. The van der Waals surface area contributed by atoms with Gasteiger partial charge in [-0.1, -0.05) is 12.1 Å². The van der Waals surface area contributed by atoms with E-state index in [-0.39, 0.29) is 12.7 Å². The zero-order valence-corrected chi connectivity index (χ0v) is 9.69. The van der Waals surface area contributed by atoms with Gasteiger partial charge in [-0.25, -0.2) is 0 Å². The Kier molecular flexibility index (Phi) is 4.69. The molecule has 0 heterocycles. The summed E-state index contributed by atoms with van der Waals surface area (Å²) in [6, 6.07) is 8.16.